The zero-order valence-corrected chi connectivity index (χ0v) is 22.5. The quantitative estimate of drug-likeness (QED) is 0.258. The van der Waals surface area contributed by atoms with Gasteiger partial charge < -0.3 is 19.9 Å². The Bertz CT molecular complexity index is 1610. The number of carbonyl (C=O) groups is 2. The molecule has 212 valence electrons. The van der Waals surface area contributed by atoms with E-state index in [1.54, 1.807) is 12.1 Å². The second kappa shape index (κ2) is 9.98. The lowest BCUT2D eigenvalue weighted by molar-refractivity contribution is -0.137. The van der Waals surface area contributed by atoms with E-state index in [1.807, 2.05) is 29.8 Å². The Morgan fingerprint density at radius 2 is 1.68 bits per heavy atom. The van der Waals surface area contributed by atoms with Crippen LogP contribution in [-0.2, 0) is 12.7 Å². The van der Waals surface area contributed by atoms with Crippen molar-refractivity contribution < 1.29 is 27.9 Å². The van der Waals surface area contributed by atoms with Gasteiger partial charge >= 0.3 is 12.1 Å². The lowest BCUT2D eigenvalue weighted by Gasteiger charge is -2.57. The number of anilines is 1. The van der Waals surface area contributed by atoms with Crippen LogP contribution < -0.4 is 10.2 Å². The molecule has 9 heteroatoms. The van der Waals surface area contributed by atoms with E-state index >= 15 is 0 Å². The summed E-state index contributed by atoms with van der Waals surface area (Å²) in [5, 5.41) is 13.1. The first kappa shape index (κ1) is 26.9. The second-order valence-corrected chi connectivity index (χ2v) is 11.4. The zero-order chi connectivity index (χ0) is 28.9. The number of rotatable bonds is 7. The van der Waals surface area contributed by atoms with Crippen LogP contribution in [0.1, 0.15) is 69.6 Å². The van der Waals surface area contributed by atoms with E-state index < -0.39 is 17.7 Å². The highest BCUT2D eigenvalue weighted by Crippen LogP contribution is 2.50. The fraction of sp³-hybridized carbons (Fsp3) is 0.312. The van der Waals surface area contributed by atoms with Gasteiger partial charge in [0.2, 0.25) is 0 Å². The lowest BCUT2D eigenvalue weighted by atomic mass is 9.63. The number of alkyl halides is 3. The molecule has 6 nitrogen and oxygen atoms in total. The summed E-state index contributed by atoms with van der Waals surface area (Å²) in [5.74, 6) is -1.30. The number of nitrogens with one attached hydrogen (secondary N) is 1. The van der Waals surface area contributed by atoms with Crippen LogP contribution in [0.15, 0.2) is 72.9 Å². The first-order chi connectivity index (χ1) is 19.5. The highest BCUT2D eigenvalue weighted by Gasteiger charge is 2.47. The average Bonchev–Trinajstić information content (AvgIpc) is 3.29. The number of benzene rings is 3. The summed E-state index contributed by atoms with van der Waals surface area (Å²) in [5.41, 5.74) is 3.50. The number of fused-ring (bicyclic) bond motifs is 1. The molecule has 1 atom stereocenters. The summed E-state index contributed by atoms with van der Waals surface area (Å²) in [4.78, 5) is 27.3. The minimum atomic E-state index is -4.40. The Kier molecular flexibility index (Phi) is 6.55. The molecule has 2 N–H and O–H groups in total. The number of hydrogen-bond donors (Lipinski definition) is 2. The molecule has 0 radical (unpaired) electrons. The fourth-order valence-corrected chi connectivity index (χ4v) is 6.03. The topological polar surface area (TPSA) is 74.6 Å². The van der Waals surface area contributed by atoms with Gasteiger partial charge in [-0.1, -0.05) is 30.7 Å². The summed E-state index contributed by atoms with van der Waals surface area (Å²) < 4.78 is 41.1. The molecular formula is C32H30F3N3O3. The molecule has 1 spiro atoms. The molecule has 0 bridgehead atoms. The standard InChI is InChI=1S/C32H30F3N3O3/c1-20(22-5-7-23(8-6-22)30(40)41)36-29(39)27-16-26(38-18-31(19-38)12-2-13-31)15-24-11-14-37(28(24)27)17-21-3-9-25(10-4-21)32(33,34)35/h3-11,14-16,20H,2,12-13,17-19H2,1H3,(H,36,39)(H,40,41)/t20-/m0/s1. The summed E-state index contributed by atoms with van der Waals surface area (Å²) >= 11 is 0. The van der Waals surface area contributed by atoms with E-state index in [9.17, 15) is 27.9 Å². The molecule has 2 heterocycles. The lowest BCUT2D eigenvalue weighted by Crippen LogP contribution is -2.59. The van der Waals surface area contributed by atoms with E-state index in [2.05, 4.69) is 16.3 Å². The van der Waals surface area contributed by atoms with Gasteiger partial charge in [-0.3, -0.25) is 4.79 Å². The predicted octanol–water partition coefficient (Wildman–Crippen LogP) is 6.89. The van der Waals surface area contributed by atoms with Gasteiger partial charge in [0.25, 0.3) is 5.91 Å². The van der Waals surface area contributed by atoms with Crippen molar-refractivity contribution in [3.05, 3.63) is 101 Å². The summed E-state index contributed by atoms with van der Waals surface area (Å²) in [6, 6.07) is 17.0. The minimum absolute atomic E-state index is 0.168. The number of carboxylic acid groups (broad SMARTS) is 1. The van der Waals surface area contributed by atoms with Gasteiger partial charge in [-0.05, 0) is 73.4 Å². The van der Waals surface area contributed by atoms with Gasteiger partial charge in [0.05, 0.1) is 28.2 Å². The largest absolute Gasteiger partial charge is 0.478 e. The van der Waals surface area contributed by atoms with Crippen molar-refractivity contribution in [1.82, 2.24) is 9.88 Å². The SMILES string of the molecule is C[C@H](NC(=O)c1cc(N2CC3(CCC3)C2)cc2ccn(Cc3ccc(C(F)(F)F)cc3)c12)c1ccc(C(=O)O)cc1. The summed E-state index contributed by atoms with van der Waals surface area (Å²) in [6.07, 6.45) is 1.20. The Balaban J connectivity index is 1.31. The van der Waals surface area contributed by atoms with Gasteiger partial charge in [0.1, 0.15) is 0 Å². The third kappa shape index (κ3) is 5.16. The van der Waals surface area contributed by atoms with Crippen LogP contribution in [0.2, 0.25) is 0 Å². The fourth-order valence-electron chi connectivity index (χ4n) is 6.03. The first-order valence-electron chi connectivity index (χ1n) is 13.7. The number of hydrogen-bond acceptors (Lipinski definition) is 3. The molecule has 1 aliphatic heterocycles. The van der Waals surface area contributed by atoms with E-state index in [1.165, 1.54) is 43.5 Å². The molecule has 1 saturated carbocycles. The molecule has 1 aromatic heterocycles. The summed E-state index contributed by atoms with van der Waals surface area (Å²) in [6.45, 7) is 4.09. The van der Waals surface area contributed by atoms with Crippen molar-refractivity contribution in [2.45, 2.75) is 44.9 Å². The number of nitrogens with zero attached hydrogens (tertiary/aromatic N) is 2. The Morgan fingerprint density at radius 3 is 2.27 bits per heavy atom. The maximum Gasteiger partial charge on any atom is 0.416 e. The third-order valence-electron chi connectivity index (χ3n) is 8.56. The third-order valence-corrected chi connectivity index (χ3v) is 8.56. The molecule has 41 heavy (non-hydrogen) atoms. The normalized spacial score (nSPS) is 16.7. The van der Waals surface area contributed by atoms with E-state index in [0.29, 0.717) is 28.6 Å². The highest BCUT2D eigenvalue weighted by molar-refractivity contribution is 6.07. The van der Waals surface area contributed by atoms with Crippen molar-refractivity contribution in [2.75, 3.05) is 18.0 Å². The number of aromatic carboxylic acids is 1. The van der Waals surface area contributed by atoms with Gasteiger partial charge in [0.15, 0.2) is 0 Å². The van der Waals surface area contributed by atoms with Gasteiger partial charge in [-0.25, -0.2) is 4.79 Å². The molecule has 6 rings (SSSR count). The van der Waals surface area contributed by atoms with Gasteiger partial charge in [-0.2, -0.15) is 13.2 Å². The Labute approximate surface area is 235 Å². The van der Waals surface area contributed by atoms with Crippen LogP contribution in [0.5, 0.6) is 0 Å². The Morgan fingerprint density at radius 1 is 1.00 bits per heavy atom. The van der Waals surface area contributed by atoms with Crippen LogP contribution in [0.25, 0.3) is 10.9 Å². The predicted molar refractivity (Wildman–Crippen MR) is 150 cm³/mol. The van der Waals surface area contributed by atoms with Crippen LogP contribution in [0, 0.1) is 5.41 Å². The number of amides is 1. The number of halogens is 3. The van der Waals surface area contributed by atoms with Gasteiger partial charge in [-0.15, -0.1) is 0 Å². The monoisotopic (exact) mass is 561 g/mol. The highest BCUT2D eigenvalue weighted by atomic mass is 19.4. The zero-order valence-electron chi connectivity index (χ0n) is 22.5. The first-order valence-corrected chi connectivity index (χ1v) is 13.7. The molecule has 0 unspecified atom stereocenters. The van der Waals surface area contributed by atoms with E-state index in [-0.39, 0.29) is 17.5 Å². The van der Waals surface area contributed by atoms with Crippen molar-refractivity contribution in [2.24, 2.45) is 5.41 Å². The maximum atomic E-state index is 13.8. The van der Waals surface area contributed by atoms with Crippen LogP contribution in [0.4, 0.5) is 18.9 Å². The molecule has 2 aliphatic rings. The summed E-state index contributed by atoms with van der Waals surface area (Å²) in [7, 11) is 0. The minimum Gasteiger partial charge on any atom is -0.478 e. The van der Waals surface area contributed by atoms with E-state index in [4.69, 9.17) is 0 Å². The van der Waals surface area contributed by atoms with Crippen LogP contribution >= 0.6 is 0 Å². The number of aromatic nitrogens is 1. The van der Waals surface area contributed by atoms with Crippen molar-refractivity contribution in [1.29, 1.82) is 0 Å². The van der Waals surface area contributed by atoms with Crippen LogP contribution in [-0.4, -0.2) is 34.6 Å². The molecule has 4 aromatic rings. The van der Waals surface area contributed by atoms with Crippen molar-refractivity contribution in [3.63, 3.8) is 0 Å². The molecule has 1 aliphatic carbocycles. The van der Waals surface area contributed by atoms with E-state index in [0.717, 1.165) is 41.9 Å². The molecule has 1 amide bonds. The molecule has 1 saturated heterocycles. The second-order valence-electron chi connectivity index (χ2n) is 11.4. The number of carboxylic acids is 1. The molecular weight excluding hydrogens is 531 g/mol. The van der Waals surface area contributed by atoms with Gasteiger partial charge in [0, 0.05) is 42.3 Å². The van der Waals surface area contributed by atoms with Crippen molar-refractivity contribution >= 4 is 28.5 Å². The smallest absolute Gasteiger partial charge is 0.416 e. The Hall–Kier alpha value is -4.27. The van der Waals surface area contributed by atoms with Crippen LogP contribution in [0.3, 0.4) is 0 Å². The number of carbonyl (C=O) groups excluding carboxylic acids is 1. The molecule has 2 fully saturated rings. The average molecular weight is 562 g/mol. The maximum absolute atomic E-state index is 13.8. The van der Waals surface area contributed by atoms with Crippen molar-refractivity contribution in [3.8, 4) is 0 Å². The molecule has 3 aromatic carbocycles.